The van der Waals surface area contributed by atoms with Gasteiger partial charge in [-0.15, -0.1) is 0 Å². The largest absolute Gasteiger partial charge is 0.341 e. The van der Waals surface area contributed by atoms with Gasteiger partial charge < -0.3 is 9.47 Å². The first-order chi connectivity index (χ1) is 10.6. The monoisotopic (exact) mass is 329 g/mol. The predicted molar refractivity (Wildman–Crippen MR) is 79.2 cm³/mol. The van der Waals surface area contributed by atoms with Crippen molar-refractivity contribution in [1.29, 1.82) is 0 Å². The molecule has 0 bridgehead atoms. The average Bonchev–Trinajstić information content (AvgIpc) is 2.84. The van der Waals surface area contributed by atoms with Gasteiger partial charge in [-0.05, 0) is 18.9 Å². The quantitative estimate of drug-likeness (QED) is 0.921. The maximum atomic E-state index is 14.1. The second-order valence-electron chi connectivity index (χ2n) is 5.73. The smallest absolute Gasteiger partial charge is 0.231 e. The Balaban J connectivity index is 1.83. The highest BCUT2D eigenvalue weighted by Crippen LogP contribution is 2.46. The van der Waals surface area contributed by atoms with Crippen LogP contribution in [-0.4, -0.2) is 22.7 Å². The van der Waals surface area contributed by atoms with E-state index in [0.717, 1.165) is 32.1 Å². The molecule has 2 aliphatic rings. The summed E-state index contributed by atoms with van der Waals surface area (Å²) in [6.45, 7) is 0.00383. The molecule has 3 atom stereocenters. The highest BCUT2D eigenvalue weighted by atomic mass is 32.2. The Labute approximate surface area is 131 Å². The molecule has 0 aromatic heterocycles. The zero-order chi connectivity index (χ0) is 15.6. The summed E-state index contributed by atoms with van der Waals surface area (Å²) in [5.74, 6) is -1.03. The first-order valence-electron chi connectivity index (χ1n) is 7.49. The van der Waals surface area contributed by atoms with Crippen molar-refractivity contribution in [2.75, 3.05) is 6.61 Å². The van der Waals surface area contributed by atoms with Crippen molar-refractivity contribution in [3.05, 3.63) is 35.6 Å². The van der Waals surface area contributed by atoms with Crippen molar-refractivity contribution in [2.45, 2.75) is 50.1 Å². The van der Waals surface area contributed by atoms with Crippen LogP contribution in [0.1, 0.15) is 43.8 Å². The van der Waals surface area contributed by atoms with Gasteiger partial charge in [0.05, 0.1) is 6.61 Å². The van der Waals surface area contributed by atoms with Crippen molar-refractivity contribution >= 4 is 11.3 Å². The van der Waals surface area contributed by atoms with Crippen molar-refractivity contribution < 1.29 is 22.3 Å². The standard InChI is InChI=1S/C15H20FNO4S/c16-12-7-3-2-6-11(12)14-13(10-19-22(17)18)20-15(21-14)8-4-1-5-9-15/h2-3,6-7,13-14H,1,4-5,8-10,17H2/t13-,14-,22?/m1/s1. The molecule has 1 aliphatic carbocycles. The molecular formula is C15H20FNO4S. The van der Waals surface area contributed by atoms with Crippen LogP contribution in [0, 0.1) is 5.82 Å². The third-order valence-corrected chi connectivity index (χ3v) is 4.59. The van der Waals surface area contributed by atoms with Gasteiger partial charge in [0.2, 0.25) is 11.3 Å². The number of hydrogen-bond donors (Lipinski definition) is 1. The van der Waals surface area contributed by atoms with E-state index >= 15 is 0 Å². The lowest BCUT2D eigenvalue weighted by Crippen LogP contribution is -2.34. The van der Waals surface area contributed by atoms with Crippen LogP contribution in [0.5, 0.6) is 0 Å². The molecule has 1 saturated heterocycles. The molecule has 0 radical (unpaired) electrons. The van der Waals surface area contributed by atoms with Crippen LogP contribution in [-0.2, 0) is 24.9 Å². The molecular weight excluding hydrogens is 309 g/mol. The molecule has 1 aromatic carbocycles. The molecule has 1 spiro atoms. The summed E-state index contributed by atoms with van der Waals surface area (Å²) in [5, 5.41) is 5.13. The van der Waals surface area contributed by atoms with Crippen LogP contribution in [0.2, 0.25) is 0 Å². The van der Waals surface area contributed by atoms with Gasteiger partial charge >= 0.3 is 0 Å². The molecule has 1 aromatic rings. The fraction of sp³-hybridized carbons (Fsp3) is 0.600. The molecule has 2 N–H and O–H groups in total. The van der Waals surface area contributed by atoms with E-state index in [-0.39, 0.29) is 12.4 Å². The third-order valence-electron chi connectivity index (χ3n) is 4.22. The van der Waals surface area contributed by atoms with Gasteiger partial charge in [0.1, 0.15) is 18.0 Å². The normalized spacial score (nSPS) is 28.8. The maximum Gasteiger partial charge on any atom is 0.231 e. The van der Waals surface area contributed by atoms with E-state index in [9.17, 15) is 8.60 Å². The summed E-state index contributed by atoms with van der Waals surface area (Å²) in [5.41, 5.74) is 0.432. The van der Waals surface area contributed by atoms with Gasteiger partial charge in [-0.3, -0.25) is 4.18 Å². The van der Waals surface area contributed by atoms with E-state index in [1.807, 2.05) is 0 Å². The Morgan fingerprint density at radius 1 is 1.27 bits per heavy atom. The number of ether oxygens (including phenoxy) is 2. The summed E-state index contributed by atoms with van der Waals surface area (Å²) >= 11 is -1.88. The number of hydrogen-bond acceptors (Lipinski definition) is 4. The molecule has 1 heterocycles. The summed E-state index contributed by atoms with van der Waals surface area (Å²) in [6.07, 6.45) is 3.62. The lowest BCUT2D eigenvalue weighted by Gasteiger charge is -2.32. The second kappa shape index (κ2) is 6.72. The summed E-state index contributed by atoms with van der Waals surface area (Å²) < 4.78 is 42.2. The summed E-state index contributed by atoms with van der Waals surface area (Å²) in [7, 11) is 0. The van der Waals surface area contributed by atoms with Crippen molar-refractivity contribution in [3.63, 3.8) is 0 Å². The second-order valence-corrected chi connectivity index (χ2v) is 6.49. The topological polar surface area (TPSA) is 70.8 Å². The fourth-order valence-electron chi connectivity index (χ4n) is 3.22. The Hall–Kier alpha value is -0.860. The molecule has 1 aliphatic heterocycles. The maximum absolute atomic E-state index is 14.1. The van der Waals surface area contributed by atoms with Crippen LogP contribution >= 0.6 is 0 Å². The lowest BCUT2D eigenvalue weighted by atomic mass is 9.94. The average molecular weight is 329 g/mol. The molecule has 122 valence electrons. The summed E-state index contributed by atoms with van der Waals surface area (Å²) in [6, 6.07) is 6.46. The van der Waals surface area contributed by atoms with Crippen LogP contribution in [0.3, 0.4) is 0 Å². The fourth-order valence-corrected chi connectivity index (χ4v) is 3.49. The van der Waals surface area contributed by atoms with Crippen LogP contribution in [0.4, 0.5) is 4.39 Å². The van der Waals surface area contributed by atoms with E-state index < -0.39 is 29.3 Å². The van der Waals surface area contributed by atoms with Crippen LogP contribution < -0.4 is 5.14 Å². The van der Waals surface area contributed by atoms with Crippen molar-refractivity contribution in [1.82, 2.24) is 0 Å². The molecule has 0 amide bonds. The number of halogens is 1. The van der Waals surface area contributed by atoms with Gasteiger partial charge in [-0.1, -0.05) is 24.6 Å². The Morgan fingerprint density at radius 3 is 2.68 bits per heavy atom. The predicted octanol–water partition coefficient (Wildman–Crippen LogP) is 2.50. The minimum absolute atomic E-state index is 0.00383. The minimum atomic E-state index is -1.88. The first-order valence-corrected chi connectivity index (χ1v) is 8.63. The molecule has 1 unspecified atom stereocenters. The molecule has 5 nitrogen and oxygen atoms in total. The van der Waals surface area contributed by atoms with E-state index in [1.54, 1.807) is 18.2 Å². The van der Waals surface area contributed by atoms with E-state index in [2.05, 4.69) is 0 Å². The van der Waals surface area contributed by atoms with E-state index in [4.69, 9.17) is 18.8 Å². The van der Waals surface area contributed by atoms with Crippen molar-refractivity contribution in [3.8, 4) is 0 Å². The van der Waals surface area contributed by atoms with Gasteiger partial charge in [0.15, 0.2) is 5.79 Å². The summed E-state index contributed by atoms with van der Waals surface area (Å²) in [4.78, 5) is 0. The minimum Gasteiger partial charge on any atom is -0.341 e. The zero-order valence-electron chi connectivity index (χ0n) is 12.2. The van der Waals surface area contributed by atoms with E-state index in [0.29, 0.717) is 5.56 Å². The van der Waals surface area contributed by atoms with Gasteiger partial charge in [0.25, 0.3) is 0 Å². The van der Waals surface area contributed by atoms with Gasteiger partial charge in [0, 0.05) is 18.4 Å². The Bertz CT molecular complexity index is 550. The Morgan fingerprint density at radius 2 is 2.00 bits per heavy atom. The Kier molecular flexibility index (Phi) is 4.89. The molecule has 3 rings (SSSR count). The van der Waals surface area contributed by atoms with Crippen molar-refractivity contribution in [2.24, 2.45) is 5.14 Å². The number of nitrogens with two attached hydrogens (primary N) is 1. The molecule has 22 heavy (non-hydrogen) atoms. The van der Waals surface area contributed by atoms with E-state index in [1.165, 1.54) is 6.07 Å². The molecule has 7 heteroatoms. The number of rotatable bonds is 4. The molecule has 2 fully saturated rings. The van der Waals surface area contributed by atoms with Crippen LogP contribution in [0.15, 0.2) is 24.3 Å². The third kappa shape index (κ3) is 3.38. The first kappa shape index (κ1) is 16.0. The highest BCUT2D eigenvalue weighted by molar-refractivity contribution is 7.77. The number of benzene rings is 1. The highest BCUT2D eigenvalue weighted by Gasteiger charge is 2.49. The lowest BCUT2D eigenvalue weighted by molar-refractivity contribution is -0.196. The SMILES string of the molecule is NS(=O)OC[C@H]1OC2(CCCCC2)O[C@@H]1c1ccccc1F. The zero-order valence-corrected chi connectivity index (χ0v) is 13.0. The van der Waals surface area contributed by atoms with Gasteiger partial charge in [-0.25, -0.2) is 13.7 Å². The van der Waals surface area contributed by atoms with Gasteiger partial charge in [-0.2, -0.15) is 0 Å². The van der Waals surface area contributed by atoms with Crippen LogP contribution in [0.25, 0.3) is 0 Å². The molecule has 1 saturated carbocycles.